The van der Waals surface area contributed by atoms with E-state index < -0.39 is 18.0 Å². The molecule has 0 fully saturated rings. The zero-order valence-electron chi connectivity index (χ0n) is 11.2. The lowest BCUT2D eigenvalue weighted by Crippen LogP contribution is -2.51. The molecule has 0 aromatic heterocycles. The quantitative estimate of drug-likeness (QED) is 0.781. The van der Waals surface area contributed by atoms with Crippen molar-refractivity contribution in [3.05, 3.63) is 35.9 Å². The van der Waals surface area contributed by atoms with Crippen molar-refractivity contribution in [3.8, 4) is 0 Å². The minimum absolute atomic E-state index is 0.0332. The Bertz CT molecular complexity index is 420. The van der Waals surface area contributed by atoms with Crippen LogP contribution in [0.5, 0.6) is 0 Å². The van der Waals surface area contributed by atoms with E-state index in [4.69, 9.17) is 0 Å². The third kappa shape index (κ3) is 5.90. The molecule has 104 valence electrons. The van der Waals surface area contributed by atoms with Gasteiger partial charge < -0.3 is 20.5 Å². The van der Waals surface area contributed by atoms with Crippen LogP contribution in [0.15, 0.2) is 30.3 Å². The van der Waals surface area contributed by atoms with Crippen molar-refractivity contribution in [3.63, 3.8) is 0 Å². The monoisotopic (exact) mass is 263 g/mol. The molecule has 0 heterocycles. The van der Waals surface area contributed by atoms with E-state index in [9.17, 15) is 14.7 Å². The molecule has 5 heteroatoms. The van der Waals surface area contributed by atoms with Crippen LogP contribution in [0, 0.1) is 0 Å². The van der Waals surface area contributed by atoms with Gasteiger partial charge in [-0.05, 0) is 32.3 Å². The van der Waals surface area contributed by atoms with Crippen molar-refractivity contribution in [1.29, 1.82) is 0 Å². The molecule has 0 aliphatic heterocycles. The first-order chi connectivity index (χ1) is 8.99. The van der Waals surface area contributed by atoms with E-state index in [0.717, 1.165) is 12.8 Å². The Labute approximate surface area is 113 Å². The first-order valence-corrected chi connectivity index (χ1v) is 6.31. The predicted molar refractivity (Wildman–Crippen MR) is 70.4 cm³/mol. The first kappa shape index (κ1) is 15.0. The van der Waals surface area contributed by atoms with Crippen LogP contribution in [0.2, 0.25) is 0 Å². The second-order valence-electron chi connectivity index (χ2n) is 4.58. The molecule has 0 bridgehead atoms. The summed E-state index contributed by atoms with van der Waals surface area (Å²) in [7, 11) is 0. The minimum Gasteiger partial charge on any atom is -0.548 e. The molecule has 1 aromatic carbocycles. The van der Waals surface area contributed by atoms with Gasteiger partial charge in [0.2, 0.25) is 0 Å². The summed E-state index contributed by atoms with van der Waals surface area (Å²) in [5, 5.41) is 15.5. The summed E-state index contributed by atoms with van der Waals surface area (Å²) in [5.41, 5.74) is 1.21. The van der Waals surface area contributed by atoms with E-state index in [1.165, 1.54) is 12.5 Å². The van der Waals surface area contributed by atoms with Gasteiger partial charge in [-0.25, -0.2) is 4.79 Å². The largest absolute Gasteiger partial charge is 0.548 e. The average Bonchev–Trinajstić information content (AvgIpc) is 2.37. The molecule has 0 saturated heterocycles. The number of carbonyl (C=O) groups excluding carboxylic acids is 2. The molecule has 19 heavy (non-hydrogen) atoms. The highest BCUT2D eigenvalue weighted by Crippen LogP contribution is 2.04. The first-order valence-electron chi connectivity index (χ1n) is 6.31. The fraction of sp³-hybridized carbons (Fsp3) is 0.429. The second-order valence-corrected chi connectivity index (χ2v) is 4.58. The highest BCUT2D eigenvalue weighted by atomic mass is 16.4. The molecule has 0 radical (unpaired) electrons. The summed E-state index contributed by atoms with van der Waals surface area (Å²) >= 11 is 0. The van der Waals surface area contributed by atoms with Crippen molar-refractivity contribution in [2.75, 3.05) is 0 Å². The van der Waals surface area contributed by atoms with Gasteiger partial charge in [-0.2, -0.15) is 0 Å². The van der Waals surface area contributed by atoms with Crippen molar-refractivity contribution < 1.29 is 14.7 Å². The fourth-order valence-electron chi connectivity index (χ4n) is 1.62. The smallest absolute Gasteiger partial charge is 0.315 e. The van der Waals surface area contributed by atoms with E-state index >= 15 is 0 Å². The number of nitrogens with one attached hydrogen (secondary N) is 2. The predicted octanol–water partition coefficient (Wildman–Crippen LogP) is 0.445. The lowest BCUT2D eigenvalue weighted by molar-refractivity contribution is -0.307. The van der Waals surface area contributed by atoms with E-state index in [1.807, 2.05) is 37.3 Å². The zero-order chi connectivity index (χ0) is 14.3. The van der Waals surface area contributed by atoms with Gasteiger partial charge >= 0.3 is 6.03 Å². The molecule has 2 amide bonds. The summed E-state index contributed by atoms with van der Waals surface area (Å²) in [6.45, 7) is 3.25. The van der Waals surface area contributed by atoms with Gasteiger partial charge in [0.1, 0.15) is 0 Å². The van der Waals surface area contributed by atoms with E-state index in [0.29, 0.717) is 0 Å². The molecule has 0 saturated carbocycles. The number of aliphatic carboxylic acids is 1. The Hall–Kier alpha value is -2.04. The fourth-order valence-corrected chi connectivity index (χ4v) is 1.62. The number of carboxylic acid groups (broad SMARTS) is 1. The Morgan fingerprint density at radius 2 is 1.79 bits per heavy atom. The summed E-state index contributed by atoms with van der Waals surface area (Å²) < 4.78 is 0. The highest BCUT2D eigenvalue weighted by molar-refractivity contribution is 5.81. The average molecular weight is 263 g/mol. The molecule has 0 unspecified atom stereocenters. The van der Waals surface area contributed by atoms with Crippen LogP contribution in [0.1, 0.15) is 25.8 Å². The lowest BCUT2D eigenvalue weighted by Gasteiger charge is -2.18. The van der Waals surface area contributed by atoms with Crippen LogP contribution in [-0.4, -0.2) is 24.1 Å². The highest BCUT2D eigenvalue weighted by Gasteiger charge is 2.10. The lowest BCUT2D eigenvalue weighted by atomic mass is 10.1. The molecule has 5 nitrogen and oxygen atoms in total. The number of aryl methyl sites for hydroxylation is 1. The number of hydrogen-bond donors (Lipinski definition) is 2. The minimum atomic E-state index is -1.30. The summed E-state index contributed by atoms with van der Waals surface area (Å²) in [5.74, 6) is -1.30. The maximum absolute atomic E-state index is 11.5. The van der Waals surface area contributed by atoms with Gasteiger partial charge in [-0.3, -0.25) is 0 Å². The van der Waals surface area contributed by atoms with Crippen LogP contribution >= 0.6 is 0 Å². The summed E-state index contributed by atoms with van der Waals surface area (Å²) in [4.78, 5) is 21.9. The molecular weight excluding hydrogens is 244 g/mol. The van der Waals surface area contributed by atoms with E-state index in [2.05, 4.69) is 10.6 Å². The summed E-state index contributed by atoms with van der Waals surface area (Å²) in [6, 6.07) is 8.45. The van der Waals surface area contributed by atoms with Crippen LogP contribution < -0.4 is 15.7 Å². The van der Waals surface area contributed by atoms with Gasteiger partial charge in [0, 0.05) is 6.04 Å². The third-order valence-electron chi connectivity index (χ3n) is 2.79. The number of rotatable bonds is 6. The van der Waals surface area contributed by atoms with Crippen LogP contribution in [0.4, 0.5) is 4.79 Å². The Kier molecular flexibility index (Phi) is 5.85. The molecule has 1 rings (SSSR count). The molecule has 0 aliphatic rings. The molecule has 0 aliphatic carbocycles. The van der Waals surface area contributed by atoms with Crippen molar-refractivity contribution in [2.24, 2.45) is 0 Å². The molecule has 1 aromatic rings. The summed E-state index contributed by atoms with van der Waals surface area (Å²) in [6.07, 6.45) is 1.65. The zero-order valence-corrected chi connectivity index (χ0v) is 11.2. The van der Waals surface area contributed by atoms with Gasteiger partial charge in [0.25, 0.3) is 0 Å². The number of urea groups is 1. The number of benzene rings is 1. The molecular formula is C14H19N2O3-. The maximum atomic E-state index is 11.5. The van der Waals surface area contributed by atoms with Gasteiger partial charge in [0.15, 0.2) is 0 Å². The number of hydrogen-bond acceptors (Lipinski definition) is 3. The molecule has 0 spiro atoms. The van der Waals surface area contributed by atoms with Gasteiger partial charge in [-0.1, -0.05) is 30.3 Å². The Balaban J connectivity index is 2.29. The molecule has 2 N–H and O–H groups in total. The maximum Gasteiger partial charge on any atom is 0.315 e. The second kappa shape index (κ2) is 7.41. The SMILES string of the molecule is C[C@H](NC(=O)N[C@@H](C)CCc1ccccc1)C(=O)[O-]. The molecule has 2 atom stereocenters. The van der Waals surface area contributed by atoms with E-state index in [1.54, 1.807) is 0 Å². The Morgan fingerprint density at radius 3 is 2.37 bits per heavy atom. The van der Waals surface area contributed by atoms with Crippen molar-refractivity contribution in [1.82, 2.24) is 10.6 Å². The van der Waals surface area contributed by atoms with Crippen molar-refractivity contribution >= 4 is 12.0 Å². The van der Waals surface area contributed by atoms with Gasteiger partial charge in [0.05, 0.1) is 12.0 Å². The third-order valence-corrected chi connectivity index (χ3v) is 2.79. The number of carboxylic acids is 1. The van der Waals surface area contributed by atoms with Crippen LogP contribution in [-0.2, 0) is 11.2 Å². The van der Waals surface area contributed by atoms with Crippen LogP contribution in [0.3, 0.4) is 0 Å². The van der Waals surface area contributed by atoms with Gasteiger partial charge in [-0.15, -0.1) is 0 Å². The van der Waals surface area contributed by atoms with E-state index in [-0.39, 0.29) is 6.04 Å². The van der Waals surface area contributed by atoms with Crippen LogP contribution in [0.25, 0.3) is 0 Å². The Morgan fingerprint density at radius 1 is 1.16 bits per heavy atom. The normalized spacial score (nSPS) is 13.4. The standard InChI is InChI=1S/C14H20N2O3/c1-10(8-9-12-6-4-3-5-7-12)15-14(19)16-11(2)13(17)18/h3-7,10-11H,8-9H2,1-2H3,(H,17,18)(H2,15,16,19)/p-1/t10-,11-/m0/s1. The topological polar surface area (TPSA) is 81.3 Å². The van der Waals surface area contributed by atoms with Crippen molar-refractivity contribution in [2.45, 2.75) is 38.8 Å². The number of carbonyl (C=O) groups is 2. The number of amides is 2.